The maximum absolute atomic E-state index is 5.78. The molecule has 0 radical (unpaired) electrons. The molecule has 0 aliphatic rings. The topological polar surface area (TPSA) is 22.1 Å². The zero-order valence-corrected chi connectivity index (χ0v) is 9.91. The zero-order valence-electron chi connectivity index (χ0n) is 9.91. The average molecular weight is 235 g/mol. The number of pyridine rings is 1. The molecule has 0 spiro atoms. The maximum atomic E-state index is 5.78. The van der Waals surface area contributed by atoms with Crippen molar-refractivity contribution in [1.29, 1.82) is 0 Å². The molecule has 0 amide bonds. The van der Waals surface area contributed by atoms with Gasteiger partial charge in [0.2, 0.25) is 0 Å². The fraction of sp³-hybridized carbons (Fsp3) is 0.0625. The second-order valence-corrected chi connectivity index (χ2v) is 4.16. The van der Waals surface area contributed by atoms with Crippen LogP contribution in [0.5, 0.6) is 5.75 Å². The third-order valence-corrected chi connectivity index (χ3v) is 2.86. The lowest BCUT2D eigenvalue weighted by molar-refractivity contribution is 0.306. The van der Waals surface area contributed by atoms with Crippen molar-refractivity contribution in [2.24, 2.45) is 0 Å². The van der Waals surface area contributed by atoms with Crippen LogP contribution >= 0.6 is 0 Å². The predicted molar refractivity (Wildman–Crippen MR) is 72.5 cm³/mol. The number of hydrogen-bond donors (Lipinski definition) is 0. The van der Waals surface area contributed by atoms with Crippen molar-refractivity contribution >= 4 is 10.8 Å². The van der Waals surface area contributed by atoms with Crippen LogP contribution in [0.15, 0.2) is 67.0 Å². The Morgan fingerprint density at radius 3 is 2.67 bits per heavy atom. The summed E-state index contributed by atoms with van der Waals surface area (Å²) in [6.45, 7) is 0.595. The summed E-state index contributed by atoms with van der Waals surface area (Å²) in [4.78, 5) is 4.10. The van der Waals surface area contributed by atoms with Crippen molar-refractivity contribution in [3.63, 3.8) is 0 Å². The van der Waals surface area contributed by atoms with Crippen molar-refractivity contribution in [3.8, 4) is 5.75 Å². The summed E-state index contributed by atoms with van der Waals surface area (Å²) in [6, 6.07) is 18.2. The zero-order chi connectivity index (χ0) is 12.2. The third-order valence-electron chi connectivity index (χ3n) is 2.86. The van der Waals surface area contributed by atoms with E-state index in [1.54, 1.807) is 6.20 Å². The number of aromatic nitrogens is 1. The monoisotopic (exact) mass is 235 g/mol. The van der Waals surface area contributed by atoms with Gasteiger partial charge < -0.3 is 4.74 Å². The lowest BCUT2D eigenvalue weighted by Gasteiger charge is -2.07. The minimum absolute atomic E-state index is 0.595. The number of ether oxygens (including phenoxy) is 1. The van der Waals surface area contributed by atoms with Gasteiger partial charge in [-0.3, -0.25) is 4.98 Å². The molecule has 0 saturated heterocycles. The molecule has 0 saturated carbocycles. The molecule has 2 nitrogen and oxygen atoms in total. The molecule has 1 aromatic heterocycles. The highest BCUT2D eigenvalue weighted by molar-refractivity contribution is 5.82. The maximum Gasteiger partial charge on any atom is 0.120 e. The fourth-order valence-corrected chi connectivity index (χ4v) is 1.89. The Morgan fingerprint density at radius 1 is 0.889 bits per heavy atom. The Balaban J connectivity index is 1.79. The number of fused-ring (bicyclic) bond motifs is 1. The van der Waals surface area contributed by atoms with Crippen molar-refractivity contribution in [2.45, 2.75) is 6.61 Å². The molecule has 1 heterocycles. The Hall–Kier alpha value is -2.35. The van der Waals surface area contributed by atoms with Gasteiger partial charge in [-0.15, -0.1) is 0 Å². The van der Waals surface area contributed by atoms with Gasteiger partial charge in [0.25, 0.3) is 0 Å². The van der Waals surface area contributed by atoms with Crippen LogP contribution in [-0.2, 0) is 6.61 Å². The van der Waals surface area contributed by atoms with Gasteiger partial charge in [0.05, 0.1) is 0 Å². The molecular weight excluding hydrogens is 222 g/mol. The number of rotatable bonds is 3. The van der Waals surface area contributed by atoms with Gasteiger partial charge in [0.1, 0.15) is 12.4 Å². The summed E-state index contributed by atoms with van der Waals surface area (Å²) in [6.07, 6.45) is 3.65. The van der Waals surface area contributed by atoms with Crippen LogP contribution in [0, 0.1) is 0 Å². The van der Waals surface area contributed by atoms with E-state index in [9.17, 15) is 0 Å². The SMILES string of the molecule is c1ccc(COc2ccc3cnccc3c2)cc1. The molecule has 2 heteroatoms. The number of nitrogens with zero attached hydrogens (tertiary/aromatic N) is 1. The molecule has 18 heavy (non-hydrogen) atoms. The molecule has 0 N–H and O–H groups in total. The molecule has 0 aliphatic carbocycles. The standard InChI is InChI=1S/C16H13NO/c1-2-4-13(5-3-1)12-18-16-7-6-15-11-17-9-8-14(15)10-16/h1-11H,12H2. The van der Waals surface area contributed by atoms with Crippen LogP contribution in [0.1, 0.15) is 5.56 Å². The quantitative estimate of drug-likeness (QED) is 0.688. The Labute approximate surface area is 106 Å². The lowest BCUT2D eigenvalue weighted by atomic mass is 10.2. The molecule has 0 fully saturated rings. The van der Waals surface area contributed by atoms with Crippen molar-refractivity contribution < 1.29 is 4.74 Å². The summed E-state index contributed by atoms with van der Waals surface area (Å²) < 4.78 is 5.78. The molecule has 0 atom stereocenters. The van der Waals surface area contributed by atoms with Crippen LogP contribution in [-0.4, -0.2) is 4.98 Å². The first-order valence-electron chi connectivity index (χ1n) is 5.92. The first-order valence-corrected chi connectivity index (χ1v) is 5.92. The highest BCUT2D eigenvalue weighted by Crippen LogP contribution is 2.20. The van der Waals surface area contributed by atoms with Crippen molar-refractivity contribution in [3.05, 3.63) is 72.6 Å². The molecule has 2 aromatic carbocycles. The van der Waals surface area contributed by atoms with E-state index in [1.165, 1.54) is 5.56 Å². The van der Waals surface area contributed by atoms with E-state index in [0.29, 0.717) is 6.61 Å². The minimum Gasteiger partial charge on any atom is -0.489 e. The summed E-state index contributed by atoms with van der Waals surface area (Å²) in [5, 5.41) is 2.28. The van der Waals surface area contributed by atoms with Crippen LogP contribution in [0.4, 0.5) is 0 Å². The summed E-state index contributed by atoms with van der Waals surface area (Å²) in [5.74, 6) is 0.887. The van der Waals surface area contributed by atoms with Gasteiger partial charge in [-0.1, -0.05) is 30.3 Å². The van der Waals surface area contributed by atoms with Crippen molar-refractivity contribution in [1.82, 2.24) is 4.98 Å². The highest BCUT2D eigenvalue weighted by atomic mass is 16.5. The summed E-state index contributed by atoms with van der Waals surface area (Å²) in [5.41, 5.74) is 1.17. The highest BCUT2D eigenvalue weighted by Gasteiger charge is 1.98. The Bertz CT molecular complexity index is 649. The Morgan fingerprint density at radius 2 is 1.78 bits per heavy atom. The van der Waals surface area contributed by atoms with E-state index in [0.717, 1.165) is 16.5 Å². The summed E-state index contributed by atoms with van der Waals surface area (Å²) >= 11 is 0. The van der Waals surface area contributed by atoms with Gasteiger partial charge in [0, 0.05) is 17.8 Å². The molecule has 3 rings (SSSR count). The first kappa shape index (κ1) is 10.8. The largest absolute Gasteiger partial charge is 0.489 e. The smallest absolute Gasteiger partial charge is 0.120 e. The molecule has 0 bridgehead atoms. The van der Waals surface area contributed by atoms with Crippen molar-refractivity contribution in [2.75, 3.05) is 0 Å². The van der Waals surface area contributed by atoms with Gasteiger partial charge in [-0.25, -0.2) is 0 Å². The predicted octanol–water partition coefficient (Wildman–Crippen LogP) is 3.81. The minimum atomic E-state index is 0.595. The van der Waals surface area contributed by atoms with Crippen LogP contribution < -0.4 is 4.74 Å². The van der Waals surface area contributed by atoms with E-state index >= 15 is 0 Å². The van der Waals surface area contributed by atoms with E-state index in [4.69, 9.17) is 4.74 Å². The van der Waals surface area contributed by atoms with Gasteiger partial charge in [-0.2, -0.15) is 0 Å². The molecular formula is C16H13NO. The third kappa shape index (κ3) is 2.33. The molecule has 0 aliphatic heterocycles. The van der Waals surface area contributed by atoms with E-state index < -0.39 is 0 Å². The normalized spacial score (nSPS) is 10.4. The average Bonchev–Trinajstić information content (AvgIpc) is 2.46. The van der Waals surface area contributed by atoms with Crippen LogP contribution in [0.25, 0.3) is 10.8 Å². The second kappa shape index (κ2) is 4.88. The Kier molecular flexibility index (Phi) is 2.92. The summed E-state index contributed by atoms with van der Waals surface area (Å²) in [7, 11) is 0. The van der Waals surface area contributed by atoms with Gasteiger partial charge in [0.15, 0.2) is 0 Å². The molecule has 0 unspecified atom stereocenters. The number of benzene rings is 2. The first-order chi connectivity index (χ1) is 8.92. The van der Waals surface area contributed by atoms with Crippen LogP contribution in [0.3, 0.4) is 0 Å². The molecule has 88 valence electrons. The molecule has 3 aromatic rings. The lowest BCUT2D eigenvalue weighted by Crippen LogP contribution is -1.94. The number of hydrogen-bond acceptors (Lipinski definition) is 2. The van der Waals surface area contributed by atoms with E-state index in [1.807, 2.05) is 48.7 Å². The van der Waals surface area contributed by atoms with Crippen LogP contribution in [0.2, 0.25) is 0 Å². The van der Waals surface area contributed by atoms with Gasteiger partial charge >= 0.3 is 0 Å². The fourth-order valence-electron chi connectivity index (χ4n) is 1.89. The van der Waals surface area contributed by atoms with E-state index in [2.05, 4.69) is 17.1 Å². The van der Waals surface area contributed by atoms with E-state index in [-0.39, 0.29) is 0 Å². The van der Waals surface area contributed by atoms with Gasteiger partial charge in [-0.05, 0) is 35.2 Å². The second-order valence-electron chi connectivity index (χ2n) is 4.16.